The zero-order chi connectivity index (χ0) is 14.0. The molecule has 1 saturated heterocycles. The highest BCUT2D eigenvalue weighted by molar-refractivity contribution is 5.39. The summed E-state index contributed by atoms with van der Waals surface area (Å²) in [6, 6.07) is 7.76. The Morgan fingerprint density at radius 3 is 2.45 bits per heavy atom. The van der Waals surface area contributed by atoms with Crippen molar-refractivity contribution in [3.63, 3.8) is 0 Å². The van der Waals surface area contributed by atoms with Gasteiger partial charge in [0, 0.05) is 19.6 Å². The second-order valence-electron chi connectivity index (χ2n) is 5.82. The third-order valence-electron chi connectivity index (χ3n) is 4.15. The average molecular weight is 277 g/mol. The molecule has 0 atom stereocenters. The van der Waals surface area contributed by atoms with Gasteiger partial charge in [0.2, 0.25) is 0 Å². The standard InChI is InChI=1S/C16H23NO3/c1-2-19-14-5-3-4-6-15(14)20-10-9-17-11-16(18,12-17)13-7-8-13/h3-6,13,18H,2,7-12H2,1H3. The molecule has 4 nitrogen and oxygen atoms in total. The van der Waals surface area contributed by atoms with Gasteiger partial charge in [0.1, 0.15) is 6.61 Å². The van der Waals surface area contributed by atoms with Crippen LogP contribution in [0.25, 0.3) is 0 Å². The zero-order valence-corrected chi connectivity index (χ0v) is 12.0. The SMILES string of the molecule is CCOc1ccccc1OCCN1CC(O)(C2CC2)C1. The first-order valence-electron chi connectivity index (χ1n) is 7.50. The molecular weight excluding hydrogens is 254 g/mol. The van der Waals surface area contributed by atoms with Gasteiger partial charge in [0.05, 0.1) is 12.2 Å². The molecule has 1 aliphatic heterocycles. The van der Waals surface area contributed by atoms with Crippen LogP contribution in [0, 0.1) is 5.92 Å². The van der Waals surface area contributed by atoms with Crippen LogP contribution in [0.5, 0.6) is 11.5 Å². The molecule has 0 bridgehead atoms. The number of hydrogen-bond donors (Lipinski definition) is 1. The molecule has 0 amide bonds. The number of aliphatic hydroxyl groups is 1. The number of benzene rings is 1. The monoisotopic (exact) mass is 277 g/mol. The van der Waals surface area contributed by atoms with Crippen molar-refractivity contribution in [2.75, 3.05) is 32.8 Å². The number of nitrogens with zero attached hydrogens (tertiary/aromatic N) is 1. The van der Waals surface area contributed by atoms with Gasteiger partial charge in [-0.15, -0.1) is 0 Å². The van der Waals surface area contributed by atoms with Crippen LogP contribution in [0.2, 0.25) is 0 Å². The van der Waals surface area contributed by atoms with Crippen molar-refractivity contribution in [1.29, 1.82) is 0 Å². The number of β-amino-alcohol motifs (C(OH)–C–C–N with tert-alkyl or cyclic N) is 1. The van der Waals surface area contributed by atoms with Crippen LogP contribution in [0.1, 0.15) is 19.8 Å². The molecule has 0 spiro atoms. The van der Waals surface area contributed by atoms with Crippen molar-refractivity contribution < 1.29 is 14.6 Å². The van der Waals surface area contributed by atoms with E-state index in [2.05, 4.69) is 4.90 Å². The molecule has 20 heavy (non-hydrogen) atoms. The van der Waals surface area contributed by atoms with Gasteiger partial charge in [-0.05, 0) is 37.8 Å². The molecule has 4 heteroatoms. The van der Waals surface area contributed by atoms with Crippen molar-refractivity contribution in [3.8, 4) is 11.5 Å². The maximum atomic E-state index is 10.2. The molecule has 3 rings (SSSR count). The Kier molecular flexibility index (Phi) is 3.85. The highest BCUT2D eigenvalue weighted by Crippen LogP contribution is 2.44. The summed E-state index contributed by atoms with van der Waals surface area (Å²) in [7, 11) is 0. The smallest absolute Gasteiger partial charge is 0.161 e. The van der Waals surface area contributed by atoms with E-state index in [1.54, 1.807) is 0 Å². The summed E-state index contributed by atoms with van der Waals surface area (Å²) in [4.78, 5) is 2.25. The van der Waals surface area contributed by atoms with Crippen LogP contribution in [0.3, 0.4) is 0 Å². The first kappa shape index (κ1) is 13.7. The Labute approximate surface area is 120 Å². The summed E-state index contributed by atoms with van der Waals surface area (Å²) in [5.41, 5.74) is -0.400. The van der Waals surface area contributed by atoms with E-state index >= 15 is 0 Å². The van der Waals surface area contributed by atoms with Crippen molar-refractivity contribution in [1.82, 2.24) is 4.90 Å². The summed E-state index contributed by atoms with van der Waals surface area (Å²) in [5.74, 6) is 2.15. The number of likely N-dealkylation sites (tertiary alicyclic amines) is 1. The fourth-order valence-corrected chi connectivity index (χ4v) is 2.89. The van der Waals surface area contributed by atoms with E-state index in [1.807, 2.05) is 31.2 Å². The van der Waals surface area contributed by atoms with E-state index in [9.17, 15) is 5.11 Å². The zero-order valence-electron chi connectivity index (χ0n) is 12.0. The van der Waals surface area contributed by atoms with Crippen LogP contribution in [0.4, 0.5) is 0 Å². The highest BCUT2D eigenvalue weighted by atomic mass is 16.5. The van der Waals surface area contributed by atoms with Gasteiger partial charge in [0.25, 0.3) is 0 Å². The molecule has 2 fully saturated rings. The Balaban J connectivity index is 1.42. The molecule has 1 saturated carbocycles. The van der Waals surface area contributed by atoms with Gasteiger partial charge in [-0.1, -0.05) is 12.1 Å². The van der Waals surface area contributed by atoms with Crippen LogP contribution in [-0.2, 0) is 0 Å². The summed E-state index contributed by atoms with van der Waals surface area (Å²) in [5, 5.41) is 10.2. The quantitative estimate of drug-likeness (QED) is 0.827. The van der Waals surface area contributed by atoms with Gasteiger partial charge >= 0.3 is 0 Å². The van der Waals surface area contributed by atoms with Gasteiger partial charge in [-0.3, -0.25) is 4.90 Å². The van der Waals surface area contributed by atoms with E-state index in [0.29, 0.717) is 19.1 Å². The lowest BCUT2D eigenvalue weighted by molar-refractivity contribution is -0.115. The van der Waals surface area contributed by atoms with Crippen molar-refractivity contribution >= 4 is 0 Å². The molecule has 0 radical (unpaired) electrons. The predicted molar refractivity (Wildman–Crippen MR) is 77.2 cm³/mol. The first-order valence-corrected chi connectivity index (χ1v) is 7.50. The molecule has 1 aromatic rings. The minimum Gasteiger partial charge on any atom is -0.490 e. The minimum absolute atomic E-state index is 0.400. The topological polar surface area (TPSA) is 41.9 Å². The van der Waals surface area contributed by atoms with Crippen LogP contribution >= 0.6 is 0 Å². The highest BCUT2D eigenvalue weighted by Gasteiger charge is 2.51. The average Bonchev–Trinajstić information content (AvgIpc) is 3.23. The normalized spacial score (nSPS) is 21.3. The van der Waals surface area contributed by atoms with E-state index in [4.69, 9.17) is 9.47 Å². The maximum absolute atomic E-state index is 10.2. The molecule has 0 unspecified atom stereocenters. The van der Waals surface area contributed by atoms with Crippen LogP contribution < -0.4 is 9.47 Å². The van der Waals surface area contributed by atoms with E-state index in [1.165, 1.54) is 12.8 Å². The molecule has 0 aromatic heterocycles. The molecule has 1 aliphatic carbocycles. The summed E-state index contributed by atoms with van der Waals surface area (Å²) in [6.45, 7) is 5.69. The number of ether oxygens (including phenoxy) is 2. The van der Waals surface area contributed by atoms with Gasteiger partial charge in [-0.25, -0.2) is 0 Å². The number of rotatable bonds is 7. The summed E-state index contributed by atoms with van der Waals surface area (Å²) in [6.07, 6.45) is 2.39. The molecule has 2 aliphatic rings. The molecular formula is C16H23NO3. The molecule has 1 aromatic carbocycles. The lowest BCUT2D eigenvalue weighted by Gasteiger charge is -2.47. The summed E-state index contributed by atoms with van der Waals surface area (Å²) < 4.78 is 11.3. The van der Waals surface area contributed by atoms with Gasteiger partial charge < -0.3 is 14.6 Å². The Morgan fingerprint density at radius 1 is 1.20 bits per heavy atom. The van der Waals surface area contributed by atoms with Crippen molar-refractivity contribution in [2.24, 2.45) is 5.92 Å². The van der Waals surface area contributed by atoms with Crippen molar-refractivity contribution in [3.05, 3.63) is 24.3 Å². The lowest BCUT2D eigenvalue weighted by Crippen LogP contribution is -2.63. The predicted octanol–water partition coefficient (Wildman–Crippen LogP) is 1.92. The van der Waals surface area contributed by atoms with Gasteiger partial charge in [-0.2, -0.15) is 0 Å². The van der Waals surface area contributed by atoms with E-state index in [0.717, 1.165) is 31.1 Å². The van der Waals surface area contributed by atoms with Crippen LogP contribution in [0.15, 0.2) is 24.3 Å². The third-order valence-corrected chi connectivity index (χ3v) is 4.15. The van der Waals surface area contributed by atoms with Gasteiger partial charge in [0.15, 0.2) is 11.5 Å². The minimum atomic E-state index is -0.400. The third kappa shape index (κ3) is 2.91. The second kappa shape index (κ2) is 5.62. The number of para-hydroxylation sites is 2. The fraction of sp³-hybridized carbons (Fsp3) is 0.625. The maximum Gasteiger partial charge on any atom is 0.161 e. The fourth-order valence-electron chi connectivity index (χ4n) is 2.89. The molecule has 1 N–H and O–H groups in total. The van der Waals surface area contributed by atoms with Crippen LogP contribution in [-0.4, -0.2) is 48.5 Å². The first-order chi connectivity index (χ1) is 9.71. The molecule has 110 valence electrons. The Bertz CT molecular complexity index is 453. The number of hydrogen-bond acceptors (Lipinski definition) is 4. The second-order valence-corrected chi connectivity index (χ2v) is 5.82. The Hall–Kier alpha value is -1.26. The van der Waals surface area contributed by atoms with E-state index < -0.39 is 5.60 Å². The largest absolute Gasteiger partial charge is 0.490 e. The molecule has 1 heterocycles. The van der Waals surface area contributed by atoms with E-state index in [-0.39, 0.29) is 0 Å². The summed E-state index contributed by atoms with van der Waals surface area (Å²) >= 11 is 0. The van der Waals surface area contributed by atoms with Crippen molar-refractivity contribution in [2.45, 2.75) is 25.4 Å². The lowest BCUT2D eigenvalue weighted by atomic mass is 9.89. The Morgan fingerprint density at radius 2 is 1.85 bits per heavy atom.